The molecule has 23 heavy (non-hydrogen) atoms. The third-order valence-corrected chi connectivity index (χ3v) is 11.6. The summed E-state index contributed by atoms with van der Waals surface area (Å²) in [6, 6.07) is 8.06. The van der Waals surface area contributed by atoms with Crippen molar-refractivity contribution in [2.75, 3.05) is 6.61 Å². The fourth-order valence-corrected chi connectivity index (χ4v) is 9.76. The third-order valence-electron chi connectivity index (χ3n) is 4.79. The number of aliphatic hydroxyl groups is 1. The van der Waals surface area contributed by atoms with Gasteiger partial charge in [0.05, 0.1) is 12.7 Å². The fourth-order valence-electron chi connectivity index (χ4n) is 3.75. The minimum Gasteiger partial charge on any atom is -0.405 e. The van der Waals surface area contributed by atoms with Gasteiger partial charge in [-0.1, -0.05) is 82.3 Å². The first-order valence-corrected chi connectivity index (χ1v) is 11.3. The molecule has 0 aliphatic carbocycles. The van der Waals surface area contributed by atoms with Crippen LogP contribution in [0, 0.1) is 0 Å². The van der Waals surface area contributed by atoms with Crippen LogP contribution in [0.1, 0.15) is 53.2 Å². The van der Waals surface area contributed by atoms with Gasteiger partial charge in [-0.3, -0.25) is 0 Å². The standard InChI is InChI=1S/C19H31BrO2Si/c1-13(2)23(14(3)4,15(5)6)22-19(16(7)12-21)17-10-8-9-11-18(17)20/h8-11,13-15,19,21H,7,12H2,1-6H3. The first-order valence-electron chi connectivity index (χ1n) is 8.39. The summed E-state index contributed by atoms with van der Waals surface area (Å²) in [5.41, 5.74) is 3.22. The van der Waals surface area contributed by atoms with Gasteiger partial charge in [-0.25, -0.2) is 0 Å². The summed E-state index contributed by atoms with van der Waals surface area (Å²) in [5, 5.41) is 9.69. The van der Waals surface area contributed by atoms with Gasteiger partial charge in [0, 0.05) is 4.47 Å². The van der Waals surface area contributed by atoms with E-state index in [0.717, 1.165) is 15.6 Å². The van der Waals surface area contributed by atoms with Gasteiger partial charge >= 0.3 is 0 Å². The average molecular weight is 399 g/mol. The van der Waals surface area contributed by atoms with E-state index in [0.29, 0.717) is 16.6 Å². The molecule has 0 fully saturated rings. The normalized spacial score (nSPS) is 13.9. The summed E-state index contributed by atoms with van der Waals surface area (Å²) < 4.78 is 7.89. The topological polar surface area (TPSA) is 29.5 Å². The lowest BCUT2D eigenvalue weighted by Gasteiger charge is -2.45. The molecule has 1 unspecified atom stereocenters. The Morgan fingerprint density at radius 1 is 1.09 bits per heavy atom. The summed E-state index contributed by atoms with van der Waals surface area (Å²) in [7, 11) is -2.07. The van der Waals surface area contributed by atoms with E-state index in [-0.39, 0.29) is 12.7 Å². The van der Waals surface area contributed by atoms with E-state index in [1.807, 2.05) is 18.2 Å². The van der Waals surface area contributed by atoms with Crippen molar-refractivity contribution in [2.24, 2.45) is 0 Å². The van der Waals surface area contributed by atoms with E-state index in [9.17, 15) is 5.11 Å². The maximum atomic E-state index is 9.69. The van der Waals surface area contributed by atoms with Crippen LogP contribution in [-0.4, -0.2) is 20.0 Å². The zero-order valence-electron chi connectivity index (χ0n) is 15.3. The quantitative estimate of drug-likeness (QED) is 0.415. The highest BCUT2D eigenvalue weighted by atomic mass is 79.9. The van der Waals surface area contributed by atoms with E-state index in [2.05, 4.69) is 70.1 Å². The van der Waals surface area contributed by atoms with E-state index in [1.165, 1.54) is 0 Å². The largest absolute Gasteiger partial charge is 0.405 e. The Kier molecular flexibility index (Phi) is 7.72. The van der Waals surface area contributed by atoms with Crippen LogP contribution in [0.4, 0.5) is 0 Å². The fraction of sp³-hybridized carbons (Fsp3) is 0.579. The predicted octanol–water partition coefficient (Wildman–Crippen LogP) is 6.23. The predicted molar refractivity (Wildman–Crippen MR) is 105 cm³/mol. The number of aliphatic hydroxyl groups excluding tert-OH is 1. The molecule has 0 saturated carbocycles. The first kappa shape index (κ1) is 20.6. The molecule has 0 radical (unpaired) electrons. The van der Waals surface area contributed by atoms with E-state index >= 15 is 0 Å². The van der Waals surface area contributed by atoms with Crippen LogP contribution in [0.5, 0.6) is 0 Å². The Hall–Kier alpha value is -0.423. The van der Waals surface area contributed by atoms with Crippen molar-refractivity contribution in [3.8, 4) is 0 Å². The number of benzene rings is 1. The second-order valence-electron chi connectivity index (χ2n) is 7.15. The molecular weight excluding hydrogens is 368 g/mol. The van der Waals surface area contributed by atoms with Gasteiger partial charge in [-0.15, -0.1) is 0 Å². The summed E-state index contributed by atoms with van der Waals surface area (Å²) in [6.07, 6.45) is -0.269. The highest BCUT2D eigenvalue weighted by Crippen LogP contribution is 2.47. The molecule has 0 bridgehead atoms. The summed E-state index contributed by atoms with van der Waals surface area (Å²) >= 11 is 3.63. The van der Waals surface area contributed by atoms with Crippen molar-refractivity contribution in [2.45, 2.75) is 64.3 Å². The lowest BCUT2D eigenvalue weighted by atomic mass is 10.0. The first-order chi connectivity index (χ1) is 10.7. The monoisotopic (exact) mass is 398 g/mol. The Bertz CT molecular complexity index is 504. The van der Waals surface area contributed by atoms with Gasteiger partial charge in [0.1, 0.15) is 0 Å². The molecule has 1 rings (SSSR count). The number of hydrogen-bond donors (Lipinski definition) is 1. The molecule has 1 aromatic rings. The highest BCUT2D eigenvalue weighted by molar-refractivity contribution is 9.10. The molecule has 0 heterocycles. The van der Waals surface area contributed by atoms with Crippen LogP contribution in [0.2, 0.25) is 16.6 Å². The van der Waals surface area contributed by atoms with Gasteiger partial charge in [0.25, 0.3) is 0 Å². The Morgan fingerprint density at radius 2 is 1.57 bits per heavy atom. The zero-order chi connectivity index (χ0) is 17.8. The van der Waals surface area contributed by atoms with Crippen molar-refractivity contribution in [1.29, 1.82) is 0 Å². The Balaban J connectivity index is 3.38. The lowest BCUT2D eigenvalue weighted by molar-refractivity contribution is 0.187. The maximum Gasteiger partial charge on any atom is 0.201 e. The Labute approximate surface area is 151 Å². The van der Waals surface area contributed by atoms with Gasteiger partial charge in [-0.05, 0) is 33.8 Å². The molecule has 4 heteroatoms. The van der Waals surface area contributed by atoms with Crippen LogP contribution in [0.25, 0.3) is 0 Å². The number of hydrogen-bond acceptors (Lipinski definition) is 2. The van der Waals surface area contributed by atoms with Crippen LogP contribution in [-0.2, 0) is 4.43 Å². The number of rotatable bonds is 8. The van der Waals surface area contributed by atoms with Gasteiger partial charge in [0.15, 0.2) is 0 Å². The molecular formula is C19H31BrO2Si. The minimum absolute atomic E-state index is 0.0647. The summed E-state index contributed by atoms with van der Waals surface area (Å²) in [5.74, 6) is 0. The summed E-state index contributed by atoms with van der Waals surface area (Å²) in [4.78, 5) is 0. The zero-order valence-corrected chi connectivity index (χ0v) is 17.9. The molecule has 0 aliphatic rings. The third kappa shape index (κ3) is 4.35. The average Bonchev–Trinajstić information content (AvgIpc) is 2.47. The van der Waals surface area contributed by atoms with E-state index in [1.54, 1.807) is 0 Å². The molecule has 0 aromatic heterocycles. The molecule has 0 saturated heterocycles. The van der Waals surface area contributed by atoms with E-state index in [4.69, 9.17) is 4.43 Å². The van der Waals surface area contributed by atoms with Crippen LogP contribution >= 0.6 is 15.9 Å². The molecule has 1 aromatic carbocycles. The van der Waals surface area contributed by atoms with Crippen molar-refractivity contribution in [3.05, 3.63) is 46.5 Å². The van der Waals surface area contributed by atoms with Crippen molar-refractivity contribution in [1.82, 2.24) is 0 Å². The molecule has 1 atom stereocenters. The SMILES string of the molecule is C=C(CO)C(O[Si](C(C)C)(C(C)C)C(C)C)c1ccccc1Br. The molecule has 0 aliphatic heterocycles. The van der Waals surface area contributed by atoms with Crippen molar-refractivity contribution >= 4 is 24.2 Å². The second kappa shape index (κ2) is 8.61. The second-order valence-corrected chi connectivity index (χ2v) is 13.4. The van der Waals surface area contributed by atoms with Gasteiger partial charge in [0.2, 0.25) is 8.32 Å². The van der Waals surface area contributed by atoms with Crippen LogP contribution < -0.4 is 0 Å². The highest BCUT2D eigenvalue weighted by Gasteiger charge is 2.47. The lowest BCUT2D eigenvalue weighted by Crippen LogP contribution is -2.48. The summed E-state index contributed by atoms with van der Waals surface area (Å²) in [6.45, 7) is 17.6. The van der Waals surface area contributed by atoms with Crippen molar-refractivity contribution < 1.29 is 9.53 Å². The van der Waals surface area contributed by atoms with Gasteiger partial charge < -0.3 is 9.53 Å². The smallest absolute Gasteiger partial charge is 0.201 e. The van der Waals surface area contributed by atoms with Crippen molar-refractivity contribution in [3.63, 3.8) is 0 Å². The number of halogens is 1. The van der Waals surface area contributed by atoms with Gasteiger partial charge in [-0.2, -0.15) is 0 Å². The Morgan fingerprint density at radius 3 is 1.96 bits per heavy atom. The minimum atomic E-state index is -2.07. The van der Waals surface area contributed by atoms with E-state index < -0.39 is 8.32 Å². The molecule has 1 N–H and O–H groups in total. The molecule has 130 valence electrons. The van der Waals surface area contributed by atoms with Crippen LogP contribution in [0.15, 0.2) is 40.9 Å². The molecule has 0 spiro atoms. The van der Waals surface area contributed by atoms with Crippen LogP contribution in [0.3, 0.4) is 0 Å². The molecule has 2 nitrogen and oxygen atoms in total. The molecule has 0 amide bonds. The maximum absolute atomic E-state index is 9.69.